The van der Waals surface area contributed by atoms with Gasteiger partial charge in [0.25, 0.3) is 0 Å². The lowest BCUT2D eigenvalue weighted by Gasteiger charge is -2.27. The molecule has 0 spiro atoms. The Morgan fingerprint density at radius 3 is 2.38 bits per heavy atom. The Hall–Kier alpha value is -2.04. The van der Waals surface area contributed by atoms with Crippen molar-refractivity contribution in [2.45, 2.75) is 31.6 Å². The minimum absolute atomic E-state index is 0.0481. The number of hydrogen-bond acceptors (Lipinski definition) is 2. The van der Waals surface area contributed by atoms with E-state index in [1.54, 1.807) is 4.90 Å². The predicted molar refractivity (Wildman–Crippen MR) is 79.6 cm³/mol. The summed E-state index contributed by atoms with van der Waals surface area (Å²) in [5, 5.41) is 9.36. The predicted octanol–water partition coefficient (Wildman–Crippen LogP) is 2.67. The van der Waals surface area contributed by atoms with Gasteiger partial charge in [0.15, 0.2) is 0 Å². The van der Waals surface area contributed by atoms with Crippen LogP contribution in [0.4, 0.5) is 10.5 Å². The highest BCUT2D eigenvalue weighted by Gasteiger charge is 2.37. The van der Waals surface area contributed by atoms with E-state index in [0.717, 1.165) is 50.0 Å². The summed E-state index contributed by atoms with van der Waals surface area (Å²) in [6, 6.07) is 7.28. The summed E-state index contributed by atoms with van der Waals surface area (Å²) in [6.07, 6.45) is 4.39. The molecule has 0 bridgehead atoms. The van der Waals surface area contributed by atoms with Crippen LogP contribution >= 0.6 is 0 Å². The average Bonchev–Trinajstić information content (AvgIpc) is 2.67. The number of carbonyl (C=O) groups is 2. The number of anilines is 1. The molecule has 3 rings (SSSR count). The Kier molecular flexibility index (Phi) is 3.82. The van der Waals surface area contributed by atoms with E-state index >= 15 is 0 Å². The Morgan fingerprint density at radius 2 is 1.71 bits per heavy atom. The molecule has 0 aromatic heterocycles. The maximum atomic E-state index is 12.7. The van der Waals surface area contributed by atoms with Crippen molar-refractivity contribution in [3.63, 3.8) is 0 Å². The van der Waals surface area contributed by atoms with Gasteiger partial charge in [0, 0.05) is 25.3 Å². The number of hydrogen-bond donors (Lipinski definition) is 1. The molecule has 2 aliphatic heterocycles. The number of carboxylic acid groups (broad SMARTS) is 1. The quantitative estimate of drug-likeness (QED) is 0.864. The Bertz CT molecular complexity index is 550. The Morgan fingerprint density at radius 1 is 1.05 bits per heavy atom. The maximum Gasteiger partial charge on any atom is 0.324 e. The second kappa shape index (κ2) is 5.76. The van der Waals surface area contributed by atoms with Crippen LogP contribution in [0.5, 0.6) is 0 Å². The molecule has 112 valence electrons. The molecule has 5 nitrogen and oxygen atoms in total. The van der Waals surface area contributed by atoms with Crippen molar-refractivity contribution in [2.24, 2.45) is 0 Å². The van der Waals surface area contributed by atoms with Gasteiger partial charge >= 0.3 is 12.0 Å². The van der Waals surface area contributed by atoms with Crippen molar-refractivity contribution in [2.75, 3.05) is 24.5 Å². The van der Waals surface area contributed by atoms with Gasteiger partial charge in [0.05, 0.1) is 0 Å². The SMILES string of the molecule is O=C(O)C1CN(C(=O)N2CCCCCC2)c2ccccc21. The van der Waals surface area contributed by atoms with Gasteiger partial charge in [-0.05, 0) is 24.5 Å². The molecule has 0 aliphatic carbocycles. The summed E-state index contributed by atoms with van der Waals surface area (Å²) in [6.45, 7) is 1.79. The number of rotatable bonds is 1. The molecular weight excluding hydrogens is 268 g/mol. The van der Waals surface area contributed by atoms with Crippen molar-refractivity contribution in [1.82, 2.24) is 4.90 Å². The monoisotopic (exact) mass is 288 g/mol. The van der Waals surface area contributed by atoms with Gasteiger partial charge in [-0.3, -0.25) is 9.69 Å². The zero-order chi connectivity index (χ0) is 14.8. The van der Waals surface area contributed by atoms with E-state index in [2.05, 4.69) is 0 Å². The molecule has 1 saturated heterocycles. The summed E-state index contributed by atoms with van der Waals surface area (Å²) in [5.74, 6) is -1.48. The van der Waals surface area contributed by atoms with Gasteiger partial charge in [0.1, 0.15) is 5.92 Å². The third-order valence-corrected chi connectivity index (χ3v) is 4.37. The van der Waals surface area contributed by atoms with Crippen LogP contribution in [0, 0.1) is 0 Å². The van der Waals surface area contributed by atoms with Crippen molar-refractivity contribution in [3.05, 3.63) is 29.8 Å². The summed E-state index contributed by atoms with van der Waals surface area (Å²) in [4.78, 5) is 27.7. The number of fused-ring (bicyclic) bond motifs is 1. The van der Waals surface area contributed by atoms with Crippen molar-refractivity contribution in [3.8, 4) is 0 Å². The third-order valence-electron chi connectivity index (χ3n) is 4.37. The zero-order valence-corrected chi connectivity index (χ0v) is 12.0. The van der Waals surface area contributed by atoms with Crippen LogP contribution in [0.1, 0.15) is 37.2 Å². The first-order valence-electron chi connectivity index (χ1n) is 7.56. The van der Waals surface area contributed by atoms with Crippen molar-refractivity contribution in [1.29, 1.82) is 0 Å². The smallest absolute Gasteiger partial charge is 0.324 e. The largest absolute Gasteiger partial charge is 0.481 e. The molecule has 2 heterocycles. The van der Waals surface area contributed by atoms with E-state index in [9.17, 15) is 14.7 Å². The molecule has 21 heavy (non-hydrogen) atoms. The highest BCUT2D eigenvalue weighted by atomic mass is 16.4. The fourth-order valence-corrected chi connectivity index (χ4v) is 3.23. The molecule has 0 saturated carbocycles. The molecule has 1 aromatic carbocycles. The number of carboxylic acids is 1. The van der Waals surface area contributed by atoms with Crippen molar-refractivity contribution < 1.29 is 14.7 Å². The molecule has 1 unspecified atom stereocenters. The average molecular weight is 288 g/mol. The van der Waals surface area contributed by atoms with Crippen LogP contribution in [-0.4, -0.2) is 41.6 Å². The fraction of sp³-hybridized carbons (Fsp3) is 0.500. The van der Waals surface area contributed by atoms with Crippen molar-refractivity contribution >= 4 is 17.7 Å². The van der Waals surface area contributed by atoms with Gasteiger partial charge in [-0.1, -0.05) is 31.0 Å². The van der Waals surface area contributed by atoms with E-state index in [-0.39, 0.29) is 12.6 Å². The molecule has 1 N–H and O–H groups in total. The van der Waals surface area contributed by atoms with E-state index in [0.29, 0.717) is 0 Å². The lowest BCUT2D eigenvalue weighted by molar-refractivity contribution is -0.138. The van der Waals surface area contributed by atoms with Crippen LogP contribution in [0.3, 0.4) is 0 Å². The lowest BCUT2D eigenvalue weighted by Crippen LogP contribution is -2.43. The topological polar surface area (TPSA) is 60.9 Å². The molecule has 2 aliphatic rings. The normalized spacial score (nSPS) is 21.8. The maximum absolute atomic E-state index is 12.7. The lowest BCUT2D eigenvalue weighted by atomic mass is 10.0. The zero-order valence-electron chi connectivity index (χ0n) is 12.0. The number of para-hydroxylation sites is 1. The number of carbonyl (C=O) groups excluding carboxylic acids is 1. The standard InChI is InChI=1S/C16H20N2O3/c19-15(20)13-11-18(14-8-4-3-7-12(13)14)16(21)17-9-5-1-2-6-10-17/h3-4,7-8,13H,1-2,5-6,9-11H2,(H,19,20). The number of urea groups is 1. The Balaban J connectivity index is 1.85. The molecule has 2 amide bonds. The first-order chi connectivity index (χ1) is 10.2. The van der Waals surface area contributed by atoms with Gasteiger partial charge in [0.2, 0.25) is 0 Å². The van der Waals surface area contributed by atoms with Gasteiger partial charge in [-0.2, -0.15) is 0 Å². The third kappa shape index (κ3) is 2.60. The molecule has 5 heteroatoms. The van der Waals surface area contributed by atoms with E-state index in [1.165, 1.54) is 0 Å². The number of likely N-dealkylation sites (tertiary alicyclic amines) is 1. The number of benzene rings is 1. The van der Waals surface area contributed by atoms with Crippen LogP contribution < -0.4 is 4.90 Å². The molecule has 1 fully saturated rings. The van der Waals surface area contributed by atoms with Crippen LogP contribution in [0.2, 0.25) is 0 Å². The first-order valence-corrected chi connectivity index (χ1v) is 7.56. The van der Waals surface area contributed by atoms with Gasteiger partial charge in [-0.25, -0.2) is 4.79 Å². The highest BCUT2D eigenvalue weighted by Crippen LogP contribution is 2.37. The second-order valence-corrected chi connectivity index (χ2v) is 5.74. The summed E-state index contributed by atoms with van der Waals surface area (Å²) in [7, 11) is 0. The van der Waals surface area contributed by atoms with Crippen LogP contribution in [0.25, 0.3) is 0 Å². The molecular formula is C16H20N2O3. The van der Waals surface area contributed by atoms with Crippen LogP contribution in [-0.2, 0) is 4.79 Å². The van der Waals surface area contributed by atoms with E-state index in [4.69, 9.17) is 0 Å². The second-order valence-electron chi connectivity index (χ2n) is 5.74. The Labute approximate surface area is 124 Å². The van der Waals surface area contributed by atoms with Gasteiger partial charge < -0.3 is 10.0 Å². The van der Waals surface area contributed by atoms with E-state index in [1.807, 2.05) is 29.2 Å². The molecule has 0 radical (unpaired) electrons. The van der Waals surface area contributed by atoms with E-state index < -0.39 is 11.9 Å². The molecule has 1 aromatic rings. The first kappa shape index (κ1) is 13.9. The number of aliphatic carboxylic acids is 1. The number of nitrogens with zero attached hydrogens (tertiary/aromatic N) is 2. The molecule has 1 atom stereocenters. The summed E-state index contributed by atoms with van der Waals surface area (Å²) >= 11 is 0. The summed E-state index contributed by atoms with van der Waals surface area (Å²) in [5.41, 5.74) is 1.49. The van der Waals surface area contributed by atoms with Gasteiger partial charge in [-0.15, -0.1) is 0 Å². The minimum atomic E-state index is -0.867. The summed E-state index contributed by atoms with van der Waals surface area (Å²) < 4.78 is 0. The van der Waals surface area contributed by atoms with Crippen LogP contribution in [0.15, 0.2) is 24.3 Å². The number of amides is 2. The fourth-order valence-electron chi connectivity index (χ4n) is 3.23. The highest BCUT2D eigenvalue weighted by molar-refractivity contribution is 5.98. The minimum Gasteiger partial charge on any atom is -0.481 e.